The van der Waals surface area contributed by atoms with Crippen LogP contribution in [0.25, 0.3) is 0 Å². The largest absolute Gasteiger partial charge is 0.328 e. The fourth-order valence-electron chi connectivity index (χ4n) is 2.55. The van der Waals surface area contributed by atoms with E-state index in [-0.39, 0.29) is 0 Å². The topological polar surface area (TPSA) is 42.2 Å². The number of rotatable bonds is 4. The summed E-state index contributed by atoms with van der Waals surface area (Å²) < 4.78 is 0. The Morgan fingerprint density at radius 2 is 2.47 bits per heavy atom. The number of hydrogen-bond donors (Lipinski definition) is 1. The van der Waals surface area contributed by atoms with E-state index in [0.29, 0.717) is 12.0 Å². The minimum Gasteiger partial charge on any atom is -0.328 e. The minimum absolute atomic E-state index is 0.336. The fourth-order valence-corrected chi connectivity index (χ4v) is 3.32. The minimum atomic E-state index is 0.336. The smallest absolute Gasteiger partial charge is 0.0797 e. The maximum atomic E-state index is 6.01. The summed E-state index contributed by atoms with van der Waals surface area (Å²) in [6.45, 7) is 7.82. The third-order valence-corrected chi connectivity index (χ3v) is 4.78. The number of nitrogens with zero attached hydrogens (tertiary/aromatic N) is 2. The first-order valence-corrected chi connectivity index (χ1v) is 7.41. The molecular formula is C13H23N3S. The molecule has 1 aliphatic rings. The maximum absolute atomic E-state index is 6.01. The second kappa shape index (κ2) is 5.94. The van der Waals surface area contributed by atoms with Crippen molar-refractivity contribution < 1.29 is 0 Å². The summed E-state index contributed by atoms with van der Waals surface area (Å²) in [5, 5.41) is 0. The van der Waals surface area contributed by atoms with E-state index < -0.39 is 0 Å². The zero-order chi connectivity index (χ0) is 12.3. The standard InChI is InChI=1S/C13H23N3S/c1-10(14)12-4-3-6-16(8-12)7-5-13-11(2)15-9-17-13/h9-10,12H,3-8,14H2,1-2H3. The third-order valence-electron chi connectivity index (χ3n) is 3.79. The summed E-state index contributed by atoms with van der Waals surface area (Å²) in [5.41, 5.74) is 9.16. The Morgan fingerprint density at radius 3 is 3.12 bits per heavy atom. The molecular weight excluding hydrogens is 230 g/mol. The van der Waals surface area contributed by atoms with Crippen LogP contribution in [0.3, 0.4) is 0 Å². The van der Waals surface area contributed by atoms with Crippen LogP contribution in [-0.4, -0.2) is 35.6 Å². The van der Waals surface area contributed by atoms with Gasteiger partial charge in [0.1, 0.15) is 0 Å². The van der Waals surface area contributed by atoms with Crippen LogP contribution in [0.1, 0.15) is 30.3 Å². The van der Waals surface area contributed by atoms with Gasteiger partial charge in [0.05, 0.1) is 11.2 Å². The predicted molar refractivity (Wildman–Crippen MR) is 73.4 cm³/mol. The van der Waals surface area contributed by atoms with Crippen LogP contribution < -0.4 is 5.73 Å². The molecule has 1 fully saturated rings. The summed E-state index contributed by atoms with van der Waals surface area (Å²) >= 11 is 1.78. The van der Waals surface area contributed by atoms with Gasteiger partial charge in [-0.05, 0) is 45.6 Å². The van der Waals surface area contributed by atoms with Crippen LogP contribution in [0.4, 0.5) is 0 Å². The molecule has 4 heteroatoms. The highest BCUT2D eigenvalue weighted by atomic mass is 32.1. The van der Waals surface area contributed by atoms with Gasteiger partial charge in [0, 0.05) is 24.0 Å². The summed E-state index contributed by atoms with van der Waals surface area (Å²) in [7, 11) is 0. The summed E-state index contributed by atoms with van der Waals surface area (Å²) in [4.78, 5) is 8.31. The molecule has 2 N–H and O–H groups in total. The molecule has 2 rings (SSSR count). The normalized spacial score (nSPS) is 23.8. The molecule has 17 heavy (non-hydrogen) atoms. The SMILES string of the molecule is Cc1ncsc1CCN1CCCC(C(C)N)C1. The molecule has 3 nitrogen and oxygen atoms in total. The van der Waals surface area contributed by atoms with Crippen LogP contribution in [0.5, 0.6) is 0 Å². The van der Waals surface area contributed by atoms with Crippen molar-refractivity contribution in [3.05, 3.63) is 16.1 Å². The second-order valence-electron chi connectivity index (χ2n) is 5.17. The molecule has 0 aromatic carbocycles. The Labute approximate surface area is 108 Å². The first-order valence-electron chi connectivity index (χ1n) is 6.53. The van der Waals surface area contributed by atoms with Gasteiger partial charge in [0.2, 0.25) is 0 Å². The van der Waals surface area contributed by atoms with E-state index in [2.05, 4.69) is 23.7 Å². The number of piperidine rings is 1. The number of aromatic nitrogens is 1. The molecule has 0 amide bonds. The van der Waals surface area contributed by atoms with E-state index in [1.165, 1.54) is 36.5 Å². The fraction of sp³-hybridized carbons (Fsp3) is 0.769. The van der Waals surface area contributed by atoms with Gasteiger partial charge in [0.15, 0.2) is 0 Å². The molecule has 1 aliphatic heterocycles. The number of hydrogen-bond acceptors (Lipinski definition) is 4. The van der Waals surface area contributed by atoms with Crippen LogP contribution >= 0.6 is 11.3 Å². The molecule has 1 saturated heterocycles. The molecule has 96 valence electrons. The van der Waals surface area contributed by atoms with Gasteiger partial charge in [-0.15, -0.1) is 11.3 Å². The van der Waals surface area contributed by atoms with E-state index in [0.717, 1.165) is 13.0 Å². The highest BCUT2D eigenvalue weighted by Gasteiger charge is 2.22. The van der Waals surface area contributed by atoms with Crippen molar-refractivity contribution in [1.29, 1.82) is 0 Å². The number of aryl methyl sites for hydroxylation is 1. The lowest BCUT2D eigenvalue weighted by atomic mass is 9.92. The highest BCUT2D eigenvalue weighted by molar-refractivity contribution is 7.09. The highest BCUT2D eigenvalue weighted by Crippen LogP contribution is 2.20. The van der Waals surface area contributed by atoms with E-state index in [9.17, 15) is 0 Å². The van der Waals surface area contributed by atoms with Gasteiger partial charge < -0.3 is 10.6 Å². The first-order chi connectivity index (χ1) is 8.16. The zero-order valence-electron chi connectivity index (χ0n) is 10.9. The first kappa shape index (κ1) is 13.0. The van der Waals surface area contributed by atoms with Gasteiger partial charge in [0.25, 0.3) is 0 Å². The van der Waals surface area contributed by atoms with Crippen molar-refractivity contribution in [3.63, 3.8) is 0 Å². The van der Waals surface area contributed by atoms with E-state index in [1.54, 1.807) is 11.3 Å². The molecule has 0 saturated carbocycles. The number of likely N-dealkylation sites (tertiary alicyclic amines) is 1. The van der Waals surface area contributed by atoms with Crippen molar-refractivity contribution in [2.24, 2.45) is 11.7 Å². The van der Waals surface area contributed by atoms with Gasteiger partial charge >= 0.3 is 0 Å². The zero-order valence-corrected chi connectivity index (χ0v) is 11.7. The van der Waals surface area contributed by atoms with Crippen molar-refractivity contribution in [2.75, 3.05) is 19.6 Å². The molecule has 0 spiro atoms. The Kier molecular flexibility index (Phi) is 4.54. The van der Waals surface area contributed by atoms with Crippen LogP contribution in [0.2, 0.25) is 0 Å². The Hall–Kier alpha value is -0.450. The van der Waals surface area contributed by atoms with Crippen LogP contribution in [0.15, 0.2) is 5.51 Å². The number of thiazole rings is 1. The quantitative estimate of drug-likeness (QED) is 0.893. The molecule has 2 unspecified atom stereocenters. The van der Waals surface area contributed by atoms with Gasteiger partial charge in [-0.25, -0.2) is 4.98 Å². The molecule has 2 atom stereocenters. The lowest BCUT2D eigenvalue weighted by molar-refractivity contribution is 0.163. The van der Waals surface area contributed by atoms with Crippen molar-refractivity contribution in [1.82, 2.24) is 9.88 Å². The summed E-state index contributed by atoms with van der Waals surface area (Å²) in [5.74, 6) is 0.686. The van der Waals surface area contributed by atoms with E-state index in [1.807, 2.05) is 5.51 Å². The molecule has 1 aromatic heterocycles. The van der Waals surface area contributed by atoms with Crippen LogP contribution in [0, 0.1) is 12.8 Å². The molecule has 0 radical (unpaired) electrons. The lowest BCUT2D eigenvalue weighted by Gasteiger charge is -2.34. The van der Waals surface area contributed by atoms with E-state index >= 15 is 0 Å². The van der Waals surface area contributed by atoms with Crippen molar-refractivity contribution in [2.45, 2.75) is 39.2 Å². The maximum Gasteiger partial charge on any atom is 0.0797 e. The summed E-state index contributed by atoms with van der Waals surface area (Å²) in [6, 6.07) is 0.336. The molecule has 0 aliphatic carbocycles. The third kappa shape index (κ3) is 3.50. The van der Waals surface area contributed by atoms with Crippen molar-refractivity contribution >= 4 is 11.3 Å². The summed E-state index contributed by atoms with van der Waals surface area (Å²) in [6.07, 6.45) is 3.74. The van der Waals surface area contributed by atoms with Gasteiger partial charge in [-0.2, -0.15) is 0 Å². The average molecular weight is 253 g/mol. The lowest BCUT2D eigenvalue weighted by Crippen LogP contribution is -2.43. The van der Waals surface area contributed by atoms with E-state index in [4.69, 9.17) is 5.73 Å². The Balaban J connectivity index is 1.81. The second-order valence-corrected chi connectivity index (χ2v) is 6.11. The number of nitrogens with two attached hydrogens (primary N) is 1. The van der Waals surface area contributed by atoms with Gasteiger partial charge in [-0.3, -0.25) is 0 Å². The molecule has 1 aromatic rings. The monoisotopic (exact) mass is 253 g/mol. The Morgan fingerprint density at radius 1 is 1.65 bits per heavy atom. The predicted octanol–water partition coefficient (Wildman–Crippen LogP) is 2.05. The van der Waals surface area contributed by atoms with Crippen LogP contribution in [-0.2, 0) is 6.42 Å². The Bertz CT molecular complexity index is 348. The molecule has 0 bridgehead atoms. The average Bonchev–Trinajstić information content (AvgIpc) is 2.72. The van der Waals surface area contributed by atoms with Crippen molar-refractivity contribution in [3.8, 4) is 0 Å². The van der Waals surface area contributed by atoms with Gasteiger partial charge in [-0.1, -0.05) is 0 Å². The molecule has 2 heterocycles.